The number of rotatable bonds is 8. The van der Waals surface area contributed by atoms with Gasteiger partial charge in [0.2, 0.25) is 11.8 Å². The number of anilines is 1. The van der Waals surface area contributed by atoms with E-state index in [4.69, 9.17) is 15.2 Å². The lowest BCUT2D eigenvalue weighted by Crippen LogP contribution is -2.28. The van der Waals surface area contributed by atoms with E-state index in [1.807, 2.05) is 13.8 Å². The van der Waals surface area contributed by atoms with Crippen molar-refractivity contribution in [2.24, 2.45) is 5.73 Å². The van der Waals surface area contributed by atoms with Gasteiger partial charge in [-0.2, -0.15) is 4.98 Å². The second kappa shape index (κ2) is 7.84. The van der Waals surface area contributed by atoms with Crippen LogP contribution < -0.4 is 15.8 Å². The smallest absolute Gasteiger partial charge is 0.226 e. The van der Waals surface area contributed by atoms with E-state index in [0.29, 0.717) is 25.0 Å². The molecule has 1 unspecified atom stereocenters. The van der Waals surface area contributed by atoms with Crippen LogP contribution in [-0.2, 0) is 4.74 Å². The van der Waals surface area contributed by atoms with Crippen molar-refractivity contribution < 1.29 is 9.47 Å². The van der Waals surface area contributed by atoms with Gasteiger partial charge in [-0.1, -0.05) is 0 Å². The Morgan fingerprint density at radius 1 is 1.44 bits per heavy atom. The Balaban J connectivity index is 2.64. The van der Waals surface area contributed by atoms with E-state index in [-0.39, 0.29) is 12.1 Å². The lowest BCUT2D eigenvalue weighted by molar-refractivity contribution is 0.183. The molecule has 102 valence electrons. The first kappa shape index (κ1) is 14.7. The molecule has 1 aromatic rings. The molecule has 0 bridgehead atoms. The predicted molar refractivity (Wildman–Crippen MR) is 70.8 cm³/mol. The molecule has 0 aliphatic rings. The highest BCUT2D eigenvalue weighted by Crippen LogP contribution is 2.11. The first-order valence-electron chi connectivity index (χ1n) is 6.11. The highest BCUT2D eigenvalue weighted by molar-refractivity contribution is 5.28. The van der Waals surface area contributed by atoms with Gasteiger partial charge < -0.3 is 20.5 Å². The maximum atomic E-state index is 5.55. The van der Waals surface area contributed by atoms with Gasteiger partial charge in [0.1, 0.15) is 0 Å². The number of nitrogens with one attached hydrogen (secondary N) is 1. The zero-order valence-electron chi connectivity index (χ0n) is 11.2. The Morgan fingerprint density at radius 2 is 2.22 bits per heavy atom. The van der Waals surface area contributed by atoms with Crippen molar-refractivity contribution in [1.82, 2.24) is 9.97 Å². The van der Waals surface area contributed by atoms with Crippen molar-refractivity contribution in [3.05, 3.63) is 12.3 Å². The van der Waals surface area contributed by atoms with Crippen LogP contribution in [0.4, 0.5) is 5.95 Å². The number of nitrogens with zero attached hydrogens (tertiary/aromatic N) is 2. The van der Waals surface area contributed by atoms with Crippen LogP contribution in [-0.4, -0.2) is 42.4 Å². The largest absolute Gasteiger partial charge is 0.475 e. The summed E-state index contributed by atoms with van der Waals surface area (Å²) in [4.78, 5) is 8.43. The zero-order valence-corrected chi connectivity index (χ0v) is 11.2. The first-order valence-corrected chi connectivity index (χ1v) is 6.11. The number of hydrogen-bond acceptors (Lipinski definition) is 6. The number of aromatic nitrogens is 2. The minimum absolute atomic E-state index is 0.0894. The van der Waals surface area contributed by atoms with Gasteiger partial charge in [-0.05, 0) is 26.8 Å². The van der Waals surface area contributed by atoms with Crippen LogP contribution in [0.5, 0.6) is 5.88 Å². The average Bonchev–Trinajstić information content (AvgIpc) is 2.29. The van der Waals surface area contributed by atoms with Crippen molar-refractivity contribution in [2.45, 2.75) is 32.4 Å². The standard InChI is InChI=1S/C12H22N4O2/c1-9(2)18-11-5-7-14-12(16-11)15-10(4-6-13)8-17-3/h5,7,9-10H,4,6,8,13H2,1-3H3,(H,14,15,16). The molecule has 0 aliphatic carbocycles. The van der Waals surface area contributed by atoms with Gasteiger partial charge in [0.15, 0.2) is 0 Å². The molecule has 0 fully saturated rings. The third-order valence-corrected chi connectivity index (χ3v) is 2.20. The lowest BCUT2D eigenvalue weighted by atomic mass is 10.2. The monoisotopic (exact) mass is 254 g/mol. The number of methoxy groups -OCH3 is 1. The number of nitrogens with two attached hydrogens (primary N) is 1. The third kappa shape index (κ3) is 5.29. The van der Waals surface area contributed by atoms with Gasteiger partial charge in [0.05, 0.1) is 18.8 Å². The molecule has 1 heterocycles. The van der Waals surface area contributed by atoms with Gasteiger partial charge in [0, 0.05) is 19.4 Å². The minimum Gasteiger partial charge on any atom is -0.475 e. The van der Waals surface area contributed by atoms with Crippen molar-refractivity contribution in [1.29, 1.82) is 0 Å². The van der Waals surface area contributed by atoms with Crippen LogP contribution in [0.1, 0.15) is 20.3 Å². The normalized spacial score (nSPS) is 12.5. The third-order valence-electron chi connectivity index (χ3n) is 2.20. The molecule has 6 heteroatoms. The molecular formula is C12H22N4O2. The molecule has 18 heavy (non-hydrogen) atoms. The summed E-state index contributed by atoms with van der Waals surface area (Å²) in [7, 11) is 1.66. The van der Waals surface area contributed by atoms with E-state index in [0.717, 1.165) is 6.42 Å². The highest BCUT2D eigenvalue weighted by Gasteiger charge is 2.10. The summed E-state index contributed by atoms with van der Waals surface area (Å²) in [6.45, 7) is 5.06. The molecule has 1 atom stereocenters. The molecular weight excluding hydrogens is 232 g/mol. The van der Waals surface area contributed by atoms with Crippen LogP contribution in [0, 0.1) is 0 Å². The SMILES string of the molecule is COCC(CCN)Nc1nccc(OC(C)C)n1. The van der Waals surface area contributed by atoms with Crippen LogP contribution in [0.15, 0.2) is 12.3 Å². The molecule has 0 saturated heterocycles. The van der Waals surface area contributed by atoms with E-state index in [1.54, 1.807) is 19.4 Å². The molecule has 0 amide bonds. The maximum absolute atomic E-state index is 5.55. The van der Waals surface area contributed by atoms with E-state index < -0.39 is 0 Å². The summed E-state index contributed by atoms with van der Waals surface area (Å²) in [6.07, 6.45) is 2.55. The van der Waals surface area contributed by atoms with Crippen LogP contribution in [0.3, 0.4) is 0 Å². The Morgan fingerprint density at radius 3 is 2.83 bits per heavy atom. The maximum Gasteiger partial charge on any atom is 0.226 e. The number of hydrogen-bond donors (Lipinski definition) is 2. The van der Waals surface area contributed by atoms with Crippen molar-refractivity contribution in [2.75, 3.05) is 25.6 Å². The topological polar surface area (TPSA) is 82.3 Å². The van der Waals surface area contributed by atoms with Gasteiger partial charge in [-0.25, -0.2) is 4.98 Å². The van der Waals surface area contributed by atoms with Gasteiger partial charge in [-0.3, -0.25) is 0 Å². The zero-order chi connectivity index (χ0) is 13.4. The molecule has 1 rings (SSSR count). The van der Waals surface area contributed by atoms with Crippen molar-refractivity contribution in [3.63, 3.8) is 0 Å². The molecule has 1 aromatic heterocycles. The molecule has 0 aromatic carbocycles. The summed E-state index contributed by atoms with van der Waals surface area (Å²) < 4.78 is 10.6. The fraction of sp³-hybridized carbons (Fsp3) is 0.667. The van der Waals surface area contributed by atoms with Crippen molar-refractivity contribution in [3.8, 4) is 5.88 Å². The van der Waals surface area contributed by atoms with Crippen LogP contribution in [0.2, 0.25) is 0 Å². The predicted octanol–water partition coefficient (Wildman–Crippen LogP) is 1.04. The fourth-order valence-electron chi connectivity index (χ4n) is 1.50. The van der Waals surface area contributed by atoms with Crippen LogP contribution >= 0.6 is 0 Å². The van der Waals surface area contributed by atoms with E-state index >= 15 is 0 Å². The molecule has 6 nitrogen and oxygen atoms in total. The van der Waals surface area contributed by atoms with Crippen LogP contribution in [0.25, 0.3) is 0 Å². The molecule has 3 N–H and O–H groups in total. The van der Waals surface area contributed by atoms with E-state index in [9.17, 15) is 0 Å². The summed E-state index contributed by atoms with van der Waals surface area (Å²) in [6, 6.07) is 1.84. The van der Waals surface area contributed by atoms with E-state index in [2.05, 4.69) is 15.3 Å². The van der Waals surface area contributed by atoms with Gasteiger partial charge in [-0.15, -0.1) is 0 Å². The summed E-state index contributed by atoms with van der Waals surface area (Å²) >= 11 is 0. The van der Waals surface area contributed by atoms with Crippen molar-refractivity contribution >= 4 is 5.95 Å². The second-order valence-electron chi connectivity index (χ2n) is 4.26. The summed E-state index contributed by atoms with van der Waals surface area (Å²) in [5.74, 6) is 1.09. The lowest BCUT2D eigenvalue weighted by Gasteiger charge is -2.17. The Kier molecular flexibility index (Phi) is 6.38. The summed E-state index contributed by atoms with van der Waals surface area (Å²) in [5, 5.41) is 3.19. The minimum atomic E-state index is 0.0894. The Bertz CT molecular complexity index is 341. The van der Waals surface area contributed by atoms with Gasteiger partial charge >= 0.3 is 0 Å². The molecule has 0 aliphatic heterocycles. The van der Waals surface area contributed by atoms with Gasteiger partial charge in [0.25, 0.3) is 0 Å². The number of ether oxygens (including phenoxy) is 2. The van der Waals surface area contributed by atoms with E-state index in [1.165, 1.54) is 0 Å². The average molecular weight is 254 g/mol. The Labute approximate surface area is 108 Å². The second-order valence-corrected chi connectivity index (χ2v) is 4.26. The molecule has 0 spiro atoms. The molecule has 0 saturated carbocycles. The Hall–Kier alpha value is -1.40. The summed E-state index contributed by atoms with van der Waals surface area (Å²) in [5.41, 5.74) is 5.55. The quantitative estimate of drug-likeness (QED) is 0.721. The fourth-order valence-corrected chi connectivity index (χ4v) is 1.50. The highest BCUT2D eigenvalue weighted by atomic mass is 16.5. The first-order chi connectivity index (χ1) is 8.65. The molecule has 0 radical (unpaired) electrons.